The molecule has 7 heteroatoms. The van der Waals surface area contributed by atoms with Crippen LogP contribution in [-0.2, 0) is 6.54 Å². The first-order chi connectivity index (χ1) is 14.5. The van der Waals surface area contributed by atoms with Gasteiger partial charge in [-0.3, -0.25) is 14.5 Å². The number of carbonyl (C=O) groups is 1. The van der Waals surface area contributed by atoms with Crippen LogP contribution in [0, 0.1) is 12.7 Å². The van der Waals surface area contributed by atoms with Gasteiger partial charge in [0.05, 0.1) is 17.5 Å². The highest BCUT2D eigenvalue weighted by Crippen LogP contribution is 2.24. The molecule has 2 aromatic heterocycles. The first kappa shape index (κ1) is 20.3. The molecule has 158 valence electrons. The number of aryl methyl sites for hydroxylation is 1. The Kier molecular flexibility index (Phi) is 5.72. The molecule has 0 aliphatic carbocycles. The lowest BCUT2D eigenvalue weighted by Gasteiger charge is -2.34. The van der Waals surface area contributed by atoms with Crippen molar-refractivity contribution in [3.05, 3.63) is 69.6 Å². The number of nitrogens with zero attached hydrogens (tertiary/aromatic N) is 3. The van der Waals surface area contributed by atoms with E-state index in [1.54, 1.807) is 36.2 Å². The van der Waals surface area contributed by atoms with Crippen LogP contribution in [0.1, 0.15) is 35.0 Å². The molecule has 0 N–H and O–H groups in total. The van der Waals surface area contributed by atoms with Gasteiger partial charge in [-0.15, -0.1) is 0 Å². The molecule has 0 bridgehead atoms. The van der Waals surface area contributed by atoms with E-state index in [1.807, 2.05) is 0 Å². The normalized spacial score (nSPS) is 15.1. The Morgan fingerprint density at radius 2 is 1.80 bits per heavy atom. The van der Waals surface area contributed by atoms with Gasteiger partial charge in [0, 0.05) is 32.4 Å². The number of pyridine rings is 1. The van der Waals surface area contributed by atoms with E-state index in [1.165, 1.54) is 16.7 Å². The summed E-state index contributed by atoms with van der Waals surface area (Å²) in [5, 5.41) is 0.318. The molecule has 0 spiro atoms. The lowest BCUT2D eigenvalue weighted by atomic mass is 10.1. The number of benzene rings is 1. The maximum atomic E-state index is 13.3. The quantitative estimate of drug-likeness (QED) is 0.647. The van der Waals surface area contributed by atoms with Crippen LogP contribution < -0.4 is 5.56 Å². The van der Waals surface area contributed by atoms with Crippen molar-refractivity contribution in [3.63, 3.8) is 0 Å². The highest BCUT2D eigenvalue weighted by atomic mass is 19.1. The molecular weight excluding hydrogens is 385 g/mol. The Balaban J connectivity index is 1.65. The predicted octanol–water partition coefficient (Wildman–Crippen LogP) is 3.26. The lowest BCUT2D eigenvalue weighted by Crippen LogP contribution is -2.49. The van der Waals surface area contributed by atoms with Crippen LogP contribution >= 0.6 is 0 Å². The molecule has 1 aliphatic heterocycles. The average molecular weight is 411 g/mol. The van der Waals surface area contributed by atoms with Gasteiger partial charge in [-0.1, -0.05) is 19.1 Å². The second kappa shape index (κ2) is 8.44. The molecule has 0 saturated carbocycles. The Morgan fingerprint density at radius 3 is 2.47 bits per heavy atom. The molecule has 3 heterocycles. The minimum Gasteiger partial charge on any atom is -0.460 e. The number of amides is 1. The summed E-state index contributed by atoms with van der Waals surface area (Å²) in [6, 6.07) is 7.74. The second-order valence-electron chi connectivity index (χ2n) is 7.78. The summed E-state index contributed by atoms with van der Waals surface area (Å²) in [6.45, 7) is 8.15. The zero-order chi connectivity index (χ0) is 21.3. The largest absolute Gasteiger partial charge is 0.460 e. The van der Waals surface area contributed by atoms with Gasteiger partial charge in [-0.05, 0) is 43.7 Å². The van der Waals surface area contributed by atoms with Gasteiger partial charge in [0.1, 0.15) is 17.2 Å². The van der Waals surface area contributed by atoms with Crippen LogP contribution in [-0.4, -0.2) is 53.0 Å². The summed E-state index contributed by atoms with van der Waals surface area (Å²) < 4.78 is 20.5. The fraction of sp³-hybridized carbons (Fsp3) is 0.391. The van der Waals surface area contributed by atoms with Crippen LogP contribution in [0.3, 0.4) is 0 Å². The van der Waals surface area contributed by atoms with Crippen LogP contribution in [0.15, 0.2) is 45.7 Å². The topological polar surface area (TPSA) is 58.7 Å². The van der Waals surface area contributed by atoms with E-state index >= 15 is 0 Å². The van der Waals surface area contributed by atoms with E-state index in [0.29, 0.717) is 41.9 Å². The zero-order valence-corrected chi connectivity index (χ0v) is 17.4. The number of aromatic nitrogens is 1. The summed E-state index contributed by atoms with van der Waals surface area (Å²) in [7, 11) is 0. The van der Waals surface area contributed by atoms with Gasteiger partial charge in [0.15, 0.2) is 0 Å². The maximum Gasteiger partial charge on any atom is 0.262 e. The number of halogens is 1. The minimum atomic E-state index is -0.320. The number of carbonyl (C=O) groups excluding carboxylic acids is 1. The van der Waals surface area contributed by atoms with Crippen molar-refractivity contribution in [2.75, 3.05) is 32.7 Å². The summed E-state index contributed by atoms with van der Waals surface area (Å²) in [5.74, 6) is -0.0134. The minimum absolute atomic E-state index is 0.154. The third-order valence-electron chi connectivity index (χ3n) is 5.67. The van der Waals surface area contributed by atoms with Gasteiger partial charge in [0.25, 0.3) is 11.5 Å². The molecule has 0 atom stereocenters. The van der Waals surface area contributed by atoms with Gasteiger partial charge in [0.2, 0.25) is 0 Å². The van der Waals surface area contributed by atoms with E-state index in [-0.39, 0.29) is 17.3 Å². The molecule has 0 unspecified atom stereocenters. The highest BCUT2D eigenvalue weighted by Gasteiger charge is 2.28. The number of hydrogen-bond donors (Lipinski definition) is 0. The smallest absolute Gasteiger partial charge is 0.262 e. The van der Waals surface area contributed by atoms with Crippen molar-refractivity contribution in [1.82, 2.24) is 14.4 Å². The number of hydrogen-bond acceptors (Lipinski definition) is 4. The van der Waals surface area contributed by atoms with Crippen molar-refractivity contribution >= 4 is 16.9 Å². The number of furan rings is 1. The van der Waals surface area contributed by atoms with Crippen molar-refractivity contribution in [2.45, 2.75) is 26.8 Å². The predicted molar refractivity (Wildman–Crippen MR) is 113 cm³/mol. The number of piperazine rings is 1. The van der Waals surface area contributed by atoms with Gasteiger partial charge in [-0.25, -0.2) is 4.39 Å². The molecule has 1 saturated heterocycles. The molecular formula is C23H26FN3O3. The van der Waals surface area contributed by atoms with Crippen LogP contribution in [0.2, 0.25) is 0 Å². The highest BCUT2D eigenvalue weighted by molar-refractivity contribution is 6.06. The molecule has 1 amide bonds. The van der Waals surface area contributed by atoms with Gasteiger partial charge < -0.3 is 13.9 Å². The molecule has 30 heavy (non-hydrogen) atoms. The summed E-state index contributed by atoms with van der Waals surface area (Å²) >= 11 is 0. The zero-order valence-electron chi connectivity index (χ0n) is 17.4. The third kappa shape index (κ3) is 3.89. The Hall–Kier alpha value is -2.93. The molecule has 1 aliphatic rings. The third-order valence-corrected chi connectivity index (χ3v) is 5.67. The average Bonchev–Trinajstić information content (AvgIpc) is 3.08. The van der Waals surface area contributed by atoms with Crippen molar-refractivity contribution in [1.29, 1.82) is 0 Å². The summed E-state index contributed by atoms with van der Waals surface area (Å²) in [6.07, 6.45) is 2.74. The lowest BCUT2D eigenvalue weighted by molar-refractivity contribution is 0.0637. The van der Waals surface area contributed by atoms with E-state index in [2.05, 4.69) is 11.8 Å². The van der Waals surface area contributed by atoms with Crippen LogP contribution in [0.4, 0.5) is 4.39 Å². The van der Waals surface area contributed by atoms with Crippen LogP contribution in [0.25, 0.3) is 11.0 Å². The first-order valence-electron chi connectivity index (χ1n) is 10.4. The molecule has 4 rings (SSSR count). The Morgan fingerprint density at radius 1 is 1.10 bits per heavy atom. The monoisotopic (exact) mass is 411 g/mol. The number of fused-ring (bicyclic) bond motifs is 1. The van der Waals surface area contributed by atoms with Crippen molar-refractivity contribution < 1.29 is 13.6 Å². The fourth-order valence-corrected chi connectivity index (χ4v) is 4.08. The standard InChI is InChI=1S/C23H26FN3O3/c1-3-9-25-11-13-26(14-12-25)22(28)20-16(2)30-19-8-10-27(23(29)21(19)20)15-17-4-6-18(24)7-5-17/h4-8,10H,3,9,11-15H2,1-2H3. The molecule has 0 radical (unpaired) electrons. The SMILES string of the molecule is CCCN1CCN(C(=O)c2c(C)oc3ccn(Cc4ccc(F)cc4)c(=O)c23)CC1. The van der Waals surface area contributed by atoms with E-state index in [9.17, 15) is 14.0 Å². The van der Waals surface area contributed by atoms with E-state index in [4.69, 9.17) is 4.42 Å². The fourth-order valence-electron chi connectivity index (χ4n) is 4.08. The molecule has 3 aromatic rings. The summed E-state index contributed by atoms with van der Waals surface area (Å²) in [5.41, 5.74) is 1.30. The Labute approximate surface area is 174 Å². The summed E-state index contributed by atoms with van der Waals surface area (Å²) in [4.78, 5) is 30.6. The van der Waals surface area contributed by atoms with E-state index in [0.717, 1.165) is 31.6 Å². The van der Waals surface area contributed by atoms with E-state index < -0.39 is 0 Å². The molecule has 6 nitrogen and oxygen atoms in total. The first-order valence-corrected chi connectivity index (χ1v) is 10.4. The van der Waals surface area contributed by atoms with Crippen molar-refractivity contribution in [2.24, 2.45) is 0 Å². The van der Waals surface area contributed by atoms with Gasteiger partial charge in [-0.2, -0.15) is 0 Å². The second-order valence-corrected chi connectivity index (χ2v) is 7.78. The number of rotatable bonds is 5. The van der Waals surface area contributed by atoms with Gasteiger partial charge >= 0.3 is 0 Å². The molecule has 1 fully saturated rings. The van der Waals surface area contributed by atoms with Crippen molar-refractivity contribution in [3.8, 4) is 0 Å². The Bertz CT molecular complexity index is 1110. The maximum absolute atomic E-state index is 13.3. The molecule has 1 aromatic carbocycles. The van der Waals surface area contributed by atoms with Crippen LogP contribution in [0.5, 0.6) is 0 Å².